The van der Waals surface area contributed by atoms with Crippen LogP contribution in [0.3, 0.4) is 0 Å². The standard InChI is InChI=1S/C19H17Cl2O5PS/c1-11-14-6-5-13(26-27(28,23-2)24-3)10-18(14)25-19(22)15(11)8-12-4-7-16(20)17(21)9-12/h4-7,9-10H,8H2,1-3H3. The van der Waals surface area contributed by atoms with Gasteiger partial charge in [-0.2, -0.15) is 0 Å². The zero-order valence-corrected chi connectivity index (χ0v) is 18.5. The fourth-order valence-corrected chi connectivity index (χ4v) is 4.02. The lowest BCUT2D eigenvalue weighted by molar-refractivity contribution is 0.273. The molecule has 0 amide bonds. The van der Waals surface area contributed by atoms with Gasteiger partial charge in [0.1, 0.15) is 11.3 Å². The van der Waals surface area contributed by atoms with Crippen molar-refractivity contribution in [3.8, 4) is 5.75 Å². The van der Waals surface area contributed by atoms with Crippen molar-refractivity contribution >= 4 is 52.7 Å². The average Bonchev–Trinajstić information content (AvgIpc) is 2.67. The molecular formula is C19H17Cl2O5PS. The first kappa shape index (κ1) is 21.3. The van der Waals surface area contributed by atoms with E-state index >= 15 is 0 Å². The first-order valence-electron chi connectivity index (χ1n) is 8.17. The second kappa shape index (κ2) is 8.54. The van der Waals surface area contributed by atoms with E-state index in [2.05, 4.69) is 0 Å². The van der Waals surface area contributed by atoms with Crippen LogP contribution in [0.15, 0.2) is 45.6 Å². The summed E-state index contributed by atoms with van der Waals surface area (Å²) in [4.78, 5) is 12.6. The Hall–Kier alpha value is -1.40. The van der Waals surface area contributed by atoms with Gasteiger partial charge in [-0.25, -0.2) is 4.79 Å². The molecule has 3 aromatic rings. The predicted molar refractivity (Wildman–Crippen MR) is 115 cm³/mol. The molecule has 0 radical (unpaired) electrons. The maximum Gasteiger partial charge on any atom is 0.380 e. The van der Waals surface area contributed by atoms with Crippen molar-refractivity contribution < 1.29 is 18.0 Å². The monoisotopic (exact) mass is 458 g/mol. The van der Waals surface area contributed by atoms with Crippen LogP contribution in [0.5, 0.6) is 5.75 Å². The number of fused-ring (bicyclic) bond motifs is 1. The Kier molecular flexibility index (Phi) is 6.50. The summed E-state index contributed by atoms with van der Waals surface area (Å²) in [6.45, 7) is -1.00. The van der Waals surface area contributed by atoms with E-state index in [1.807, 2.05) is 19.1 Å². The van der Waals surface area contributed by atoms with Gasteiger partial charge in [-0.05, 0) is 42.3 Å². The van der Waals surface area contributed by atoms with Crippen molar-refractivity contribution in [2.45, 2.75) is 13.3 Å². The highest BCUT2D eigenvalue weighted by molar-refractivity contribution is 8.07. The zero-order valence-electron chi connectivity index (χ0n) is 15.3. The molecule has 9 heteroatoms. The molecule has 0 aliphatic rings. The SMILES string of the molecule is COP(=S)(OC)Oc1ccc2c(C)c(Cc3ccc(Cl)c(Cl)c3)c(=O)oc2c1. The Labute approximate surface area is 177 Å². The summed E-state index contributed by atoms with van der Waals surface area (Å²) in [5.74, 6) is 0.402. The van der Waals surface area contributed by atoms with Gasteiger partial charge in [0.25, 0.3) is 0 Å². The van der Waals surface area contributed by atoms with Crippen LogP contribution in [0.1, 0.15) is 16.7 Å². The van der Waals surface area contributed by atoms with Crippen LogP contribution in [-0.4, -0.2) is 14.2 Å². The largest absolute Gasteiger partial charge is 0.424 e. The Morgan fingerprint density at radius 1 is 1.07 bits per heavy atom. The van der Waals surface area contributed by atoms with Crippen molar-refractivity contribution in [1.29, 1.82) is 0 Å². The quantitative estimate of drug-likeness (QED) is 0.338. The number of hydrogen-bond donors (Lipinski definition) is 0. The zero-order chi connectivity index (χ0) is 20.5. The number of hydrogen-bond acceptors (Lipinski definition) is 6. The fraction of sp³-hybridized carbons (Fsp3) is 0.211. The molecular weight excluding hydrogens is 442 g/mol. The molecule has 0 aliphatic carbocycles. The van der Waals surface area contributed by atoms with E-state index in [-0.39, 0.29) is 0 Å². The van der Waals surface area contributed by atoms with E-state index in [9.17, 15) is 4.79 Å². The highest BCUT2D eigenvalue weighted by Gasteiger charge is 2.20. The molecule has 1 heterocycles. The maximum absolute atomic E-state index is 12.6. The third kappa shape index (κ3) is 4.43. The van der Waals surface area contributed by atoms with Crippen molar-refractivity contribution in [1.82, 2.24) is 0 Å². The van der Waals surface area contributed by atoms with Crippen molar-refractivity contribution in [3.63, 3.8) is 0 Å². The van der Waals surface area contributed by atoms with E-state index in [0.717, 1.165) is 16.5 Å². The summed E-state index contributed by atoms with van der Waals surface area (Å²) in [6, 6.07) is 10.4. The molecule has 0 aliphatic heterocycles. The van der Waals surface area contributed by atoms with Crippen LogP contribution in [-0.2, 0) is 27.3 Å². The van der Waals surface area contributed by atoms with Crippen LogP contribution < -0.4 is 10.1 Å². The van der Waals surface area contributed by atoms with E-state index in [1.54, 1.807) is 24.3 Å². The smallest absolute Gasteiger partial charge is 0.380 e. The van der Waals surface area contributed by atoms with E-state index in [0.29, 0.717) is 33.4 Å². The third-order valence-electron chi connectivity index (χ3n) is 4.29. The fourth-order valence-electron chi connectivity index (χ4n) is 2.77. The number of aryl methyl sites for hydroxylation is 1. The van der Waals surface area contributed by atoms with Gasteiger partial charge in [0.2, 0.25) is 0 Å². The van der Waals surface area contributed by atoms with Gasteiger partial charge in [0.05, 0.1) is 10.0 Å². The number of halogens is 2. The van der Waals surface area contributed by atoms with Crippen LogP contribution in [0.4, 0.5) is 0 Å². The lowest BCUT2D eigenvalue weighted by atomic mass is 9.99. The summed E-state index contributed by atoms with van der Waals surface area (Å²) < 4.78 is 21.4. The lowest BCUT2D eigenvalue weighted by Crippen LogP contribution is -2.11. The molecule has 3 rings (SSSR count). The lowest BCUT2D eigenvalue weighted by Gasteiger charge is -2.18. The molecule has 0 bridgehead atoms. The third-order valence-corrected chi connectivity index (χ3v) is 7.47. The van der Waals surface area contributed by atoms with Crippen molar-refractivity contribution in [3.05, 3.63) is 73.6 Å². The van der Waals surface area contributed by atoms with Crippen LogP contribution in [0.25, 0.3) is 11.0 Å². The number of rotatable bonds is 6. The normalized spacial score (nSPS) is 11.8. The summed E-state index contributed by atoms with van der Waals surface area (Å²) in [7, 11) is 2.84. The van der Waals surface area contributed by atoms with Gasteiger partial charge >= 0.3 is 12.3 Å². The highest BCUT2D eigenvalue weighted by atomic mass is 35.5. The molecule has 0 unspecified atom stereocenters. The minimum Gasteiger partial charge on any atom is -0.424 e. The summed E-state index contributed by atoms with van der Waals surface area (Å²) in [6.07, 6.45) is 0.382. The molecule has 28 heavy (non-hydrogen) atoms. The maximum atomic E-state index is 12.6. The minimum atomic E-state index is -2.88. The molecule has 0 saturated carbocycles. The second-order valence-electron chi connectivity index (χ2n) is 5.98. The van der Waals surface area contributed by atoms with E-state index in [1.165, 1.54) is 14.2 Å². The number of benzene rings is 2. The Morgan fingerprint density at radius 3 is 2.43 bits per heavy atom. The molecule has 0 spiro atoms. The first-order chi connectivity index (χ1) is 13.3. The summed E-state index contributed by atoms with van der Waals surface area (Å²) in [5.41, 5.74) is 2.21. The van der Waals surface area contributed by atoms with E-state index < -0.39 is 12.3 Å². The van der Waals surface area contributed by atoms with Crippen molar-refractivity contribution in [2.75, 3.05) is 14.2 Å². The van der Waals surface area contributed by atoms with Gasteiger partial charge in [0.15, 0.2) is 0 Å². The average molecular weight is 459 g/mol. The molecule has 2 aromatic carbocycles. The summed E-state index contributed by atoms with van der Waals surface area (Å²) in [5, 5.41) is 1.70. The van der Waals surface area contributed by atoms with Gasteiger partial charge in [-0.1, -0.05) is 29.3 Å². The molecule has 0 atom stereocenters. The summed E-state index contributed by atoms with van der Waals surface area (Å²) >= 11 is 17.2. The minimum absolute atomic E-state index is 0.382. The topological polar surface area (TPSA) is 57.9 Å². The Balaban J connectivity index is 2.01. The first-order valence-corrected chi connectivity index (χ1v) is 11.5. The van der Waals surface area contributed by atoms with Crippen LogP contribution in [0.2, 0.25) is 10.0 Å². The molecule has 5 nitrogen and oxygen atoms in total. The van der Waals surface area contributed by atoms with Gasteiger partial charge in [-0.3, -0.25) is 0 Å². The predicted octanol–water partition coefficient (Wildman–Crippen LogP) is 5.90. The molecule has 0 fully saturated rings. The molecule has 1 aromatic heterocycles. The molecule has 0 saturated heterocycles. The Morgan fingerprint density at radius 2 is 1.79 bits per heavy atom. The molecule has 0 N–H and O–H groups in total. The van der Waals surface area contributed by atoms with Crippen molar-refractivity contribution in [2.24, 2.45) is 0 Å². The Bertz CT molecular complexity index is 1140. The van der Waals surface area contributed by atoms with Crippen LogP contribution in [0, 0.1) is 6.92 Å². The highest BCUT2D eigenvalue weighted by Crippen LogP contribution is 2.48. The molecule has 148 valence electrons. The van der Waals surface area contributed by atoms with Gasteiger partial charge in [-0.15, -0.1) is 0 Å². The second-order valence-corrected chi connectivity index (χ2v) is 9.94. The van der Waals surface area contributed by atoms with Gasteiger partial charge < -0.3 is 18.0 Å². The van der Waals surface area contributed by atoms with E-state index in [4.69, 9.17) is 53.0 Å². The van der Waals surface area contributed by atoms with Gasteiger partial charge in [0, 0.05) is 49.5 Å². The van der Waals surface area contributed by atoms with Crippen LogP contribution >= 0.6 is 29.9 Å².